The second-order valence-corrected chi connectivity index (χ2v) is 8.45. The van der Waals surface area contributed by atoms with Gasteiger partial charge < -0.3 is 10.1 Å². The minimum atomic E-state index is -5.92. The highest BCUT2D eigenvalue weighted by molar-refractivity contribution is 6.03. The van der Waals surface area contributed by atoms with Crippen LogP contribution in [0.4, 0.5) is 33.3 Å². The summed E-state index contributed by atoms with van der Waals surface area (Å²) < 4.78 is 73.3. The number of aryl methyl sites for hydroxylation is 3. The third kappa shape index (κ3) is 5.10. The van der Waals surface area contributed by atoms with Crippen LogP contribution in [0.3, 0.4) is 0 Å². The second kappa shape index (κ2) is 9.36. The number of alkyl halides is 5. The van der Waals surface area contributed by atoms with Crippen LogP contribution in [0.25, 0.3) is 5.65 Å². The minimum absolute atomic E-state index is 0.0163. The molecular weight excluding hydrogens is 517 g/mol. The molecule has 0 aliphatic heterocycles. The van der Waals surface area contributed by atoms with Crippen molar-refractivity contribution in [1.29, 1.82) is 0 Å². The van der Waals surface area contributed by atoms with E-state index in [2.05, 4.69) is 15.4 Å². The van der Waals surface area contributed by atoms with Crippen molar-refractivity contribution < 1.29 is 36.4 Å². The Labute approximate surface area is 211 Å². The summed E-state index contributed by atoms with van der Waals surface area (Å²) in [5.74, 6) is -5.88. The second-order valence-electron chi connectivity index (χ2n) is 8.45. The van der Waals surface area contributed by atoms with E-state index in [1.165, 1.54) is 13.0 Å². The third-order valence-corrected chi connectivity index (χ3v) is 5.40. The summed E-state index contributed by atoms with van der Waals surface area (Å²) in [6.07, 6.45) is -5.92. The number of anilines is 1. The first-order valence-corrected chi connectivity index (χ1v) is 10.8. The number of hydrogen-bond acceptors (Lipinski definition) is 6. The fourth-order valence-electron chi connectivity index (χ4n) is 3.54. The van der Waals surface area contributed by atoms with Gasteiger partial charge in [-0.25, -0.2) is 9.50 Å². The first-order valence-electron chi connectivity index (χ1n) is 10.8. The van der Waals surface area contributed by atoms with Crippen molar-refractivity contribution >= 4 is 22.9 Å². The summed E-state index contributed by atoms with van der Waals surface area (Å²) in [7, 11) is 0. The molecule has 4 aromatic rings. The predicted octanol–water partition coefficient (Wildman–Crippen LogP) is 6.26. The van der Waals surface area contributed by atoms with Crippen LogP contribution >= 0.6 is 0 Å². The molecule has 198 valence electrons. The quantitative estimate of drug-likeness (QED) is 0.177. The van der Waals surface area contributed by atoms with Gasteiger partial charge in [-0.05, 0) is 44.0 Å². The fourth-order valence-corrected chi connectivity index (χ4v) is 3.54. The molecule has 0 aliphatic carbocycles. The number of aromatic nitrogens is 3. The van der Waals surface area contributed by atoms with Crippen LogP contribution in [-0.4, -0.2) is 31.6 Å². The number of ether oxygens (including phenoxy) is 1. The molecule has 4 rings (SSSR count). The number of fused-ring (bicyclic) bond motifs is 1. The van der Waals surface area contributed by atoms with Crippen molar-refractivity contribution in [2.45, 2.75) is 32.9 Å². The lowest BCUT2D eigenvalue weighted by Gasteiger charge is -2.20. The lowest BCUT2D eigenvalue weighted by atomic mass is 10.1. The van der Waals surface area contributed by atoms with Crippen molar-refractivity contribution in [3.8, 4) is 11.5 Å². The third-order valence-electron chi connectivity index (χ3n) is 5.40. The van der Waals surface area contributed by atoms with E-state index in [4.69, 9.17) is 4.74 Å². The molecule has 0 fully saturated rings. The number of rotatable bonds is 6. The number of nitro benzene ring substituents is 1. The maximum Gasteiger partial charge on any atom is 0.459 e. The Bertz CT molecular complexity index is 1580. The smallest absolute Gasteiger partial charge is 0.457 e. The van der Waals surface area contributed by atoms with E-state index in [0.717, 1.165) is 29.3 Å². The molecule has 0 spiro atoms. The summed E-state index contributed by atoms with van der Waals surface area (Å²) in [6.45, 7) is 4.81. The molecule has 0 saturated heterocycles. The molecule has 0 atom stereocenters. The highest BCUT2D eigenvalue weighted by Gasteiger charge is 2.60. The Balaban J connectivity index is 1.70. The van der Waals surface area contributed by atoms with Crippen molar-refractivity contribution in [3.63, 3.8) is 0 Å². The van der Waals surface area contributed by atoms with Gasteiger partial charge in [0.2, 0.25) is 0 Å². The Morgan fingerprint density at radius 3 is 2.39 bits per heavy atom. The number of non-ortho nitro benzene ring substituents is 1. The zero-order valence-corrected chi connectivity index (χ0v) is 19.9. The van der Waals surface area contributed by atoms with Crippen LogP contribution in [0.1, 0.15) is 33.0 Å². The SMILES string of the molecule is Cc1ccc(C)c(Oc2cc(NC(=O)c3cc4nc(C)cc(C(F)(F)C(F)(F)F)n4n3)cc([N+](=O)[O-])c2)c1. The fraction of sp³-hybridized carbons (Fsp3) is 0.208. The van der Waals surface area contributed by atoms with Gasteiger partial charge >= 0.3 is 12.1 Å². The Hall–Kier alpha value is -4.62. The molecular formula is C24H18F5N5O4. The largest absolute Gasteiger partial charge is 0.459 e. The van der Waals surface area contributed by atoms with Crippen LogP contribution in [0.15, 0.2) is 48.5 Å². The van der Waals surface area contributed by atoms with Crippen LogP contribution in [0.2, 0.25) is 0 Å². The lowest BCUT2D eigenvalue weighted by Crippen LogP contribution is -2.36. The Morgan fingerprint density at radius 2 is 1.74 bits per heavy atom. The molecule has 9 nitrogen and oxygen atoms in total. The summed E-state index contributed by atoms with van der Waals surface area (Å²) in [5, 5.41) is 17.4. The van der Waals surface area contributed by atoms with E-state index in [1.807, 2.05) is 13.0 Å². The molecule has 0 saturated carbocycles. The topological polar surface area (TPSA) is 112 Å². The number of hydrogen-bond donors (Lipinski definition) is 1. The van der Waals surface area contributed by atoms with Gasteiger partial charge in [0.1, 0.15) is 17.2 Å². The van der Waals surface area contributed by atoms with Crippen molar-refractivity contribution in [3.05, 3.63) is 86.9 Å². The predicted molar refractivity (Wildman–Crippen MR) is 125 cm³/mol. The minimum Gasteiger partial charge on any atom is -0.457 e. The molecule has 1 amide bonds. The van der Waals surface area contributed by atoms with Gasteiger partial charge in [-0.1, -0.05) is 12.1 Å². The van der Waals surface area contributed by atoms with E-state index in [-0.39, 0.29) is 21.6 Å². The van der Waals surface area contributed by atoms with Crippen LogP contribution < -0.4 is 10.1 Å². The molecule has 2 heterocycles. The first-order chi connectivity index (χ1) is 17.7. The van der Waals surface area contributed by atoms with Crippen LogP contribution in [-0.2, 0) is 5.92 Å². The number of carbonyl (C=O) groups is 1. The van der Waals surface area contributed by atoms with Gasteiger partial charge in [-0.2, -0.15) is 27.1 Å². The highest BCUT2D eigenvalue weighted by Crippen LogP contribution is 2.44. The summed E-state index contributed by atoms with van der Waals surface area (Å²) in [6, 6.07) is 10.2. The number of benzene rings is 2. The Morgan fingerprint density at radius 1 is 1.03 bits per heavy atom. The first kappa shape index (κ1) is 26.4. The zero-order valence-electron chi connectivity index (χ0n) is 19.9. The molecule has 2 aromatic heterocycles. The number of nitrogens with zero attached hydrogens (tertiary/aromatic N) is 4. The molecule has 2 aromatic carbocycles. The standard InChI is InChI=1S/C24H18F5N5O4/c1-12-4-5-13(2)19(6-12)38-17-9-15(8-16(10-17)34(36)37)31-22(35)18-11-21-30-14(3)7-20(33(21)32-18)23(25,26)24(27,28)29/h4-11H,1-3H3,(H,31,35). The molecule has 1 N–H and O–H groups in total. The van der Waals surface area contributed by atoms with Gasteiger partial charge in [-0.3, -0.25) is 14.9 Å². The maximum atomic E-state index is 14.1. The van der Waals surface area contributed by atoms with E-state index in [9.17, 15) is 36.9 Å². The number of carbonyl (C=O) groups excluding carboxylic acids is 1. The van der Waals surface area contributed by atoms with Crippen LogP contribution in [0, 0.1) is 30.9 Å². The lowest BCUT2D eigenvalue weighted by molar-refractivity contribution is -0.384. The zero-order chi connectivity index (χ0) is 28.0. The number of nitro groups is 1. The monoisotopic (exact) mass is 535 g/mol. The average molecular weight is 535 g/mol. The van der Waals surface area contributed by atoms with Crippen molar-refractivity contribution in [1.82, 2.24) is 14.6 Å². The maximum absolute atomic E-state index is 14.1. The molecule has 0 unspecified atom stereocenters. The molecule has 0 aliphatic rings. The molecule has 0 radical (unpaired) electrons. The molecule has 38 heavy (non-hydrogen) atoms. The Kier molecular flexibility index (Phi) is 6.51. The summed E-state index contributed by atoms with van der Waals surface area (Å²) in [4.78, 5) is 27.4. The van der Waals surface area contributed by atoms with E-state index in [0.29, 0.717) is 11.8 Å². The van der Waals surface area contributed by atoms with Crippen molar-refractivity contribution in [2.24, 2.45) is 0 Å². The van der Waals surface area contributed by atoms with Gasteiger partial charge in [-0.15, -0.1) is 0 Å². The van der Waals surface area contributed by atoms with E-state index in [1.54, 1.807) is 19.1 Å². The summed E-state index contributed by atoms with van der Waals surface area (Å²) >= 11 is 0. The summed E-state index contributed by atoms with van der Waals surface area (Å²) in [5.41, 5.74) is -1.57. The van der Waals surface area contributed by atoms with Gasteiger partial charge in [0.05, 0.1) is 16.7 Å². The van der Waals surface area contributed by atoms with Gasteiger partial charge in [0.25, 0.3) is 11.6 Å². The average Bonchev–Trinajstić information content (AvgIpc) is 3.24. The highest BCUT2D eigenvalue weighted by atomic mass is 19.4. The van der Waals surface area contributed by atoms with E-state index >= 15 is 0 Å². The normalized spacial score (nSPS) is 12.0. The molecule has 0 bridgehead atoms. The van der Waals surface area contributed by atoms with Crippen LogP contribution in [0.5, 0.6) is 11.5 Å². The van der Waals surface area contributed by atoms with E-state index < -0.39 is 45.7 Å². The van der Waals surface area contributed by atoms with Crippen molar-refractivity contribution in [2.75, 3.05) is 5.32 Å². The number of halogens is 5. The number of amides is 1. The number of nitrogens with one attached hydrogen (secondary N) is 1. The van der Waals surface area contributed by atoms with Gasteiger partial charge in [0.15, 0.2) is 11.3 Å². The van der Waals surface area contributed by atoms with Gasteiger partial charge in [0, 0.05) is 23.9 Å². The molecule has 14 heteroatoms.